The van der Waals surface area contributed by atoms with Crippen molar-refractivity contribution in [1.29, 1.82) is 0 Å². The zero-order chi connectivity index (χ0) is 38.2. The standard InChI is InChI=1S/C42H80NO8P/c1-3-5-7-9-11-13-15-17-18-19-20-21-22-23-25-27-29-31-33-35-42(45)51-40(39-50-52(46,47)49-37-36-43)38-48-41(44)34-32-30-28-26-24-16-14-12-10-8-6-4-2/h11,13,17-18,40H,3-10,12,14-16,19-39,43H2,1-2H3,(H,46,47)/b13-11-,18-17-. The first kappa shape index (κ1) is 50.5. The Balaban J connectivity index is 4.13. The van der Waals surface area contributed by atoms with Crippen LogP contribution in [0.2, 0.25) is 0 Å². The van der Waals surface area contributed by atoms with Crippen LogP contribution in [0.5, 0.6) is 0 Å². The van der Waals surface area contributed by atoms with Crippen molar-refractivity contribution in [2.75, 3.05) is 26.4 Å². The molecule has 0 aliphatic rings. The first-order valence-electron chi connectivity index (χ1n) is 21.3. The first-order chi connectivity index (χ1) is 25.3. The van der Waals surface area contributed by atoms with Crippen molar-refractivity contribution < 1.29 is 37.6 Å². The summed E-state index contributed by atoms with van der Waals surface area (Å²) in [6, 6.07) is 0. The molecule has 0 amide bonds. The fourth-order valence-electron chi connectivity index (χ4n) is 5.90. The molecule has 2 atom stereocenters. The lowest BCUT2D eigenvalue weighted by atomic mass is 10.0. The summed E-state index contributed by atoms with van der Waals surface area (Å²) in [6.45, 7) is 3.71. The summed E-state index contributed by atoms with van der Waals surface area (Å²) in [5, 5.41) is 0. The Morgan fingerprint density at radius 2 is 1.00 bits per heavy atom. The van der Waals surface area contributed by atoms with Gasteiger partial charge in [-0.15, -0.1) is 0 Å². The lowest BCUT2D eigenvalue weighted by Crippen LogP contribution is -2.29. The topological polar surface area (TPSA) is 134 Å². The van der Waals surface area contributed by atoms with E-state index in [0.717, 1.165) is 51.4 Å². The Morgan fingerprint density at radius 1 is 0.577 bits per heavy atom. The summed E-state index contributed by atoms with van der Waals surface area (Å²) >= 11 is 0. The minimum atomic E-state index is -4.37. The number of allylic oxidation sites excluding steroid dienone is 4. The van der Waals surface area contributed by atoms with Crippen LogP contribution in [0.3, 0.4) is 0 Å². The maximum Gasteiger partial charge on any atom is 0.472 e. The molecule has 0 aliphatic carbocycles. The molecule has 0 aromatic carbocycles. The van der Waals surface area contributed by atoms with Crippen LogP contribution in [0.4, 0.5) is 0 Å². The van der Waals surface area contributed by atoms with Gasteiger partial charge in [0.1, 0.15) is 6.61 Å². The van der Waals surface area contributed by atoms with Gasteiger partial charge in [0.15, 0.2) is 6.10 Å². The van der Waals surface area contributed by atoms with Gasteiger partial charge in [-0.3, -0.25) is 18.6 Å². The first-order valence-corrected chi connectivity index (χ1v) is 22.8. The van der Waals surface area contributed by atoms with E-state index >= 15 is 0 Å². The predicted octanol–water partition coefficient (Wildman–Crippen LogP) is 12.0. The number of hydrogen-bond acceptors (Lipinski definition) is 8. The normalized spacial score (nSPS) is 13.5. The quantitative estimate of drug-likeness (QED) is 0.0271. The Kier molecular flexibility index (Phi) is 38.1. The lowest BCUT2D eigenvalue weighted by Gasteiger charge is -2.19. The van der Waals surface area contributed by atoms with Gasteiger partial charge in [-0.25, -0.2) is 4.57 Å². The third kappa shape index (κ3) is 38.2. The van der Waals surface area contributed by atoms with Crippen molar-refractivity contribution in [3.8, 4) is 0 Å². The second-order valence-electron chi connectivity index (χ2n) is 14.2. The summed E-state index contributed by atoms with van der Waals surface area (Å²) < 4.78 is 32.7. The van der Waals surface area contributed by atoms with Crippen molar-refractivity contribution in [1.82, 2.24) is 0 Å². The van der Waals surface area contributed by atoms with E-state index in [2.05, 4.69) is 38.2 Å². The maximum atomic E-state index is 12.6. The SMILES string of the molecule is CCCCC/C=C\C/C=C\CCCCCCCCCCCC(=O)OC(COC(=O)CCCCCCCCCCCCCC)COP(=O)(O)OCCN. The molecule has 2 unspecified atom stereocenters. The van der Waals surface area contributed by atoms with Gasteiger partial charge in [-0.05, 0) is 44.9 Å². The molecule has 0 saturated carbocycles. The highest BCUT2D eigenvalue weighted by molar-refractivity contribution is 7.47. The van der Waals surface area contributed by atoms with E-state index in [0.29, 0.717) is 6.42 Å². The molecule has 306 valence electrons. The molecule has 0 radical (unpaired) electrons. The fourth-order valence-corrected chi connectivity index (χ4v) is 6.67. The molecule has 0 aliphatic heterocycles. The van der Waals surface area contributed by atoms with Gasteiger partial charge >= 0.3 is 19.8 Å². The van der Waals surface area contributed by atoms with Crippen LogP contribution in [0.25, 0.3) is 0 Å². The molecule has 9 nitrogen and oxygen atoms in total. The van der Waals surface area contributed by atoms with Crippen molar-refractivity contribution in [2.24, 2.45) is 5.73 Å². The van der Waals surface area contributed by atoms with E-state index in [4.69, 9.17) is 24.3 Å². The number of phosphoric ester groups is 1. The second-order valence-corrected chi connectivity index (χ2v) is 15.7. The molecule has 0 spiro atoms. The highest BCUT2D eigenvalue weighted by Crippen LogP contribution is 2.43. The average Bonchev–Trinajstić information content (AvgIpc) is 3.13. The number of carbonyl (C=O) groups excluding carboxylic acids is 2. The zero-order valence-electron chi connectivity index (χ0n) is 33.6. The number of rotatable bonds is 40. The maximum absolute atomic E-state index is 12.6. The van der Waals surface area contributed by atoms with Gasteiger partial charge in [0.25, 0.3) is 0 Å². The van der Waals surface area contributed by atoms with Gasteiger partial charge in [0.05, 0.1) is 13.2 Å². The van der Waals surface area contributed by atoms with Gasteiger partial charge in [-0.1, -0.05) is 167 Å². The van der Waals surface area contributed by atoms with Crippen molar-refractivity contribution in [3.63, 3.8) is 0 Å². The van der Waals surface area contributed by atoms with Crippen molar-refractivity contribution in [2.45, 2.75) is 206 Å². The minimum Gasteiger partial charge on any atom is -0.462 e. The van der Waals surface area contributed by atoms with Gasteiger partial charge < -0.3 is 20.1 Å². The van der Waals surface area contributed by atoms with Crippen LogP contribution in [0.15, 0.2) is 24.3 Å². The summed E-state index contributed by atoms with van der Waals surface area (Å²) in [7, 11) is -4.37. The van der Waals surface area contributed by atoms with Crippen LogP contribution >= 0.6 is 7.82 Å². The zero-order valence-corrected chi connectivity index (χ0v) is 34.4. The summed E-state index contributed by atoms with van der Waals surface area (Å²) in [6.07, 6.45) is 40.6. The fraction of sp³-hybridized carbons (Fsp3) is 0.857. The number of unbranched alkanes of at least 4 members (excludes halogenated alkanes) is 23. The van der Waals surface area contributed by atoms with Crippen LogP contribution in [-0.4, -0.2) is 49.3 Å². The van der Waals surface area contributed by atoms with Gasteiger partial charge in [0, 0.05) is 19.4 Å². The van der Waals surface area contributed by atoms with Crippen molar-refractivity contribution in [3.05, 3.63) is 24.3 Å². The van der Waals surface area contributed by atoms with E-state index in [1.807, 2.05) is 0 Å². The summed E-state index contributed by atoms with van der Waals surface area (Å²) in [5.41, 5.74) is 5.34. The number of phosphoric acid groups is 1. The van der Waals surface area contributed by atoms with E-state index in [-0.39, 0.29) is 38.6 Å². The van der Waals surface area contributed by atoms with E-state index in [9.17, 15) is 19.0 Å². The molecule has 10 heteroatoms. The third-order valence-corrected chi connectivity index (χ3v) is 10.1. The smallest absolute Gasteiger partial charge is 0.462 e. The average molecular weight is 758 g/mol. The van der Waals surface area contributed by atoms with Crippen LogP contribution < -0.4 is 5.73 Å². The van der Waals surface area contributed by atoms with E-state index < -0.39 is 26.5 Å². The monoisotopic (exact) mass is 758 g/mol. The van der Waals surface area contributed by atoms with Crippen LogP contribution in [-0.2, 0) is 32.7 Å². The molecule has 0 heterocycles. The Labute approximate surface area is 319 Å². The molecule has 3 N–H and O–H groups in total. The predicted molar refractivity (Wildman–Crippen MR) is 215 cm³/mol. The molecule has 0 bridgehead atoms. The number of ether oxygens (including phenoxy) is 2. The Hall–Kier alpha value is -1.51. The van der Waals surface area contributed by atoms with Crippen molar-refractivity contribution >= 4 is 19.8 Å². The lowest BCUT2D eigenvalue weighted by molar-refractivity contribution is -0.161. The summed E-state index contributed by atoms with van der Waals surface area (Å²) in [5.74, 6) is -0.828. The van der Waals surface area contributed by atoms with Crippen LogP contribution in [0, 0.1) is 0 Å². The van der Waals surface area contributed by atoms with Gasteiger partial charge in [-0.2, -0.15) is 0 Å². The molecular formula is C42H80NO8P. The molecule has 0 aromatic rings. The highest BCUT2D eigenvalue weighted by atomic mass is 31.2. The minimum absolute atomic E-state index is 0.0542. The Morgan fingerprint density at radius 3 is 1.50 bits per heavy atom. The molecule has 52 heavy (non-hydrogen) atoms. The van der Waals surface area contributed by atoms with Gasteiger partial charge in [0.2, 0.25) is 0 Å². The number of esters is 2. The molecular weight excluding hydrogens is 677 g/mol. The molecule has 0 aromatic heterocycles. The summed E-state index contributed by atoms with van der Waals surface area (Å²) in [4.78, 5) is 34.8. The second kappa shape index (κ2) is 39.2. The van der Waals surface area contributed by atoms with E-state index in [1.165, 1.54) is 116 Å². The highest BCUT2D eigenvalue weighted by Gasteiger charge is 2.26. The molecule has 0 saturated heterocycles. The number of hydrogen-bond donors (Lipinski definition) is 2. The number of carbonyl (C=O) groups is 2. The molecule has 0 fully saturated rings. The number of nitrogens with two attached hydrogens (primary N) is 1. The largest absolute Gasteiger partial charge is 0.472 e. The third-order valence-electron chi connectivity index (χ3n) is 9.09. The van der Waals surface area contributed by atoms with E-state index in [1.54, 1.807) is 0 Å². The van der Waals surface area contributed by atoms with Crippen LogP contribution in [0.1, 0.15) is 200 Å². The Bertz CT molecular complexity index is 912. The molecule has 0 rings (SSSR count).